The van der Waals surface area contributed by atoms with Crippen molar-refractivity contribution < 1.29 is 9.84 Å². The number of aliphatic hydroxyl groups excluding tert-OH is 1. The molecule has 3 rings (SSSR count). The number of ether oxygens (including phenoxy) is 1. The van der Waals surface area contributed by atoms with E-state index in [9.17, 15) is 5.11 Å². The molecule has 0 amide bonds. The Morgan fingerprint density at radius 2 is 1.77 bits per heavy atom. The minimum absolute atomic E-state index is 0.585. The van der Waals surface area contributed by atoms with Crippen molar-refractivity contribution in [2.75, 3.05) is 13.2 Å². The number of rotatable bonds is 6. The van der Waals surface area contributed by atoms with Crippen molar-refractivity contribution in [1.82, 2.24) is 5.32 Å². The van der Waals surface area contributed by atoms with Crippen LogP contribution in [0.3, 0.4) is 0 Å². The monoisotopic (exact) mass is 297 g/mol. The lowest BCUT2D eigenvalue weighted by molar-refractivity contribution is 0.220. The highest BCUT2D eigenvalue weighted by Gasteiger charge is 2.13. The van der Waals surface area contributed by atoms with Crippen LogP contribution in [-0.2, 0) is 0 Å². The molecule has 1 fully saturated rings. The molecule has 116 valence electrons. The zero-order chi connectivity index (χ0) is 15.2. The smallest absolute Gasteiger partial charge is 0.119 e. The van der Waals surface area contributed by atoms with Crippen LogP contribution in [0.5, 0.6) is 5.75 Å². The van der Waals surface area contributed by atoms with Crippen LogP contribution < -0.4 is 10.1 Å². The summed E-state index contributed by atoms with van der Waals surface area (Å²) in [6, 6.07) is 18.0. The molecule has 1 saturated heterocycles. The van der Waals surface area contributed by atoms with Crippen LogP contribution in [0.4, 0.5) is 0 Å². The maximum absolute atomic E-state index is 10.4. The lowest BCUT2D eigenvalue weighted by atomic mass is 10.0. The van der Waals surface area contributed by atoms with Crippen LogP contribution in [0, 0.1) is 0 Å². The second-order valence-electron chi connectivity index (χ2n) is 5.81. The standard InChI is InChI=1S/C19H23NO2/c21-19(15-5-2-1-3-6-15)16-8-10-18(11-9-16)22-14-12-17-7-4-13-20-17/h1-3,5-6,8-11,17,19-21H,4,7,12-14H2. The fraction of sp³-hybridized carbons (Fsp3) is 0.368. The number of benzene rings is 2. The third kappa shape index (κ3) is 3.87. The van der Waals surface area contributed by atoms with Gasteiger partial charge in [0.25, 0.3) is 0 Å². The predicted molar refractivity (Wildman–Crippen MR) is 88.1 cm³/mol. The van der Waals surface area contributed by atoms with E-state index in [4.69, 9.17) is 4.74 Å². The highest BCUT2D eigenvalue weighted by Crippen LogP contribution is 2.23. The van der Waals surface area contributed by atoms with Gasteiger partial charge in [-0.25, -0.2) is 0 Å². The summed E-state index contributed by atoms with van der Waals surface area (Å²) in [7, 11) is 0. The van der Waals surface area contributed by atoms with E-state index < -0.39 is 6.10 Å². The minimum Gasteiger partial charge on any atom is -0.494 e. The summed E-state index contributed by atoms with van der Waals surface area (Å²) in [5, 5.41) is 13.8. The van der Waals surface area contributed by atoms with Crippen LogP contribution >= 0.6 is 0 Å². The average molecular weight is 297 g/mol. The van der Waals surface area contributed by atoms with E-state index >= 15 is 0 Å². The summed E-state index contributed by atoms with van der Waals surface area (Å²) in [5.41, 5.74) is 1.79. The fourth-order valence-corrected chi connectivity index (χ4v) is 2.90. The molecule has 2 aromatic rings. The number of nitrogens with one attached hydrogen (secondary N) is 1. The van der Waals surface area contributed by atoms with Crippen molar-refractivity contribution in [3.8, 4) is 5.75 Å². The summed E-state index contributed by atoms with van der Waals surface area (Å²) in [4.78, 5) is 0. The third-order valence-corrected chi connectivity index (χ3v) is 4.21. The molecular weight excluding hydrogens is 274 g/mol. The number of hydrogen-bond donors (Lipinski definition) is 2. The molecule has 0 saturated carbocycles. The molecule has 3 heteroatoms. The lowest BCUT2D eigenvalue weighted by Gasteiger charge is -2.13. The van der Waals surface area contributed by atoms with E-state index in [2.05, 4.69) is 5.32 Å². The molecule has 0 aromatic heterocycles. The van der Waals surface area contributed by atoms with Gasteiger partial charge < -0.3 is 15.2 Å². The van der Waals surface area contributed by atoms with Crippen molar-refractivity contribution in [3.63, 3.8) is 0 Å². The first kappa shape index (κ1) is 15.1. The predicted octanol–water partition coefficient (Wildman–Crippen LogP) is 3.29. The molecular formula is C19H23NO2. The fourth-order valence-electron chi connectivity index (χ4n) is 2.90. The van der Waals surface area contributed by atoms with Gasteiger partial charge >= 0.3 is 0 Å². The summed E-state index contributed by atoms with van der Waals surface area (Å²) < 4.78 is 5.79. The Labute approximate surface area is 131 Å². The van der Waals surface area contributed by atoms with Crippen LogP contribution in [0.15, 0.2) is 54.6 Å². The quantitative estimate of drug-likeness (QED) is 0.859. The van der Waals surface area contributed by atoms with Gasteiger partial charge in [0.1, 0.15) is 11.9 Å². The molecule has 0 spiro atoms. The second-order valence-corrected chi connectivity index (χ2v) is 5.81. The van der Waals surface area contributed by atoms with E-state index in [1.165, 1.54) is 12.8 Å². The van der Waals surface area contributed by atoms with Crippen LogP contribution in [0.2, 0.25) is 0 Å². The van der Waals surface area contributed by atoms with Gasteiger partial charge in [0, 0.05) is 6.04 Å². The van der Waals surface area contributed by atoms with Crippen molar-refractivity contribution >= 4 is 0 Å². The van der Waals surface area contributed by atoms with Crippen LogP contribution in [0.1, 0.15) is 36.5 Å². The van der Waals surface area contributed by atoms with Crippen LogP contribution in [0.25, 0.3) is 0 Å². The van der Waals surface area contributed by atoms with Gasteiger partial charge in [-0.05, 0) is 49.1 Å². The van der Waals surface area contributed by atoms with Gasteiger partial charge in [0.2, 0.25) is 0 Å². The molecule has 0 aliphatic carbocycles. The Morgan fingerprint density at radius 3 is 2.45 bits per heavy atom. The van der Waals surface area contributed by atoms with Gasteiger partial charge in [-0.1, -0.05) is 42.5 Å². The summed E-state index contributed by atoms with van der Waals surface area (Å²) in [5.74, 6) is 0.863. The zero-order valence-corrected chi connectivity index (χ0v) is 12.7. The van der Waals surface area contributed by atoms with E-state index in [1.807, 2.05) is 54.6 Å². The van der Waals surface area contributed by atoms with Crippen molar-refractivity contribution in [3.05, 3.63) is 65.7 Å². The SMILES string of the molecule is OC(c1ccccc1)c1ccc(OCCC2CCCN2)cc1. The number of aliphatic hydroxyl groups is 1. The molecule has 0 bridgehead atoms. The Balaban J connectivity index is 1.53. The Morgan fingerprint density at radius 1 is 1.05 bits per heavy atom. The van der Waals surface area contributed by atoms with Gasteiger partial charge in [-0.2, -0.15) is 0 Å². The van der Waals surface area contributed by atoms with Gasteiger partial charge in [-0.3, -0.25) is 0 Å². The molecule has 2 atom stereocenters. The lowest BCUT2D eigenvalue weighted by Crippen LogP contribution is -2.23. The summed E-state index contributed by atoms with van der Waals surface area (Å²) in [6.07, 6.45) is 2.99. The average Bonchev–Trinajstić information content (AvgIpc) is 3.09. The zero-order valence-electron chi connectivity index (χ0n) is 12.7. The molecule has 2 aromatic carbocycles. The first-order valence-electron chi connectivity index (χ1n) is 8.02. The van der Waals surface area contributed by atoms with Gasteiger partial charge in [0.05, 0.1) is 6.61 Å². The first-order valence-corrected chi connectivity index (χ1v) is 8.02. The second kappa shape index (κ2) is 7.43. The topological polar surface area (TPSA) is 41.5 Å². The molecule has 22 heavy (non-hydrogen) atoms. The number of hydrogen-bond acceptors (Lipinski definition) is 3. The molecule has 1 heterocycles. The van der Waals surface area contributed by atoms with E-state index in [0.717, 1.165) is 36.4 Å². The molecule has 0 radical (unpaired) electrons. The highest BCUT2D eigenvalue weighted by molar-refractivity contribution is 5.33. The van der Waals surface area contributed by atoms with E-state index in [-0.39, 0.29) is 0 Å². The van der Waals surface area contributed by atoms with Crippen LogP contribution in [-0.4, -0.2) is 24.3 Å². The minimum atomic E-state index is -0.585. The van der Waals surface area contributed by atoms with Crippen molar-refractivity contribution in [2.45, 2.75) is 31.4 Å². The molecule has 2 N–H and O–H groups in total. The maximum Gasteiger partial charge on any atom is 0.119 e. The highest BCUT2D eigenvalue weighted by atomic mass is 16.5. The largest absolute Gasteiger partial charge is 0.494 e. The van der Waals surface area contributed by atoms with Gasteiger partial charge in [0.15, 0.2) is 0 Å². The molecule has 2 unspecified atom stereocenters. The Kier molecular flexibility index (Phi) is 5.09. The molecule has 1 aliphatic rings. The molecule has 3 nitrogen and oxygen atoms in total. The van der Waals surface area contributed by atoms with Crippen molar-refractivity contribution in [1.29, 1.82) is 0 Å². The Hall–Kier alpha value is -1.84. The van der Waals surface area contributed by atoms with Crippen molar-refractivity contribution in [2.24, 2.45) is 0 Å². The van der Waals surface area contributed by atoms with Gasteiger partial charge in [-0.15, -0.1) is 0 Å². The summed E-state index contributed by atoms with van der Waals surface area (Å²) >= 11 is 0. The summed E-state index contributed by atoms with van der Waals surface area (Å²) in [6.45, 7) is 1.87. The Bertz CT molecular complexity index is 562. The maximum atomic E-state index is 10.4. The van der Waals surface area contributed by atoms with E-state index in [0.29, 0.717) is 6.04 Å². The van der Waals surface area contributed by atoms with E-state index in [1.54, 1.807) is 0 Å². The normalized spacial score (nSPS) is 19.0. The molecule has 1 aliphatic heterocycles. The first-order chi connectivity index (χ1) is 10.8. The third-order valence-electron chi connectivity index (χ3n) is 4.21.